The van der Waals surface area contributed by atoms with Crippen molar-refractivity contribution in [2.75, 3.05) is 5.32 Å². The van der Waals surface area contributed by atoms with Crippen LogP contribution in [0.5, 0.6) is 0 Å². The van der Waals surface area contributed by atoms with Crippen LogP contribution in [0.4, 0.5) is 5.69 Å². The van der Waals surface area contributed by atoms with Gasteiger partial charge in [-0.05, 0) is 60.6 Å². The highest BCUT2D eigenvalue weighted by Gasteiger charge is 2.38. The van der Waals surface area contributed by atoms with Gasteiger partial charge >= 0.3 is 5.97 Å². The highest BCUT2D eigenvalue weighted by molar-refractivity contribution is 5.87. The molecule has 3 atom stereocenters. The largest absolute Gasteiger partial charge is 0.478 e. The number of benzene rings is 2. The zero-order valence-corrected chi connectivity index (χ0v) is 13.9. The van der Waals surface area contributed by atoms with Crippen LogP contribution in [0.3, 0.4) is 0 Å². The Hall–Kier alpha value is -2.55. The van der Waals surface area contributed by atoms with Gasteiger partial charge in [-0.3, -0.25) is 0 Å². The van der Waals surface area contributed by atoms with E-state index in [0.29, 0.717) is 17.4 Å². The summed E-state index contributed by atoms with van der Waals surface area (Å²) in [5.41, 5.74) is 6.72. The summed E-state index contributed by atoms with van der Waals surface area (Å²) in [6, 6.07) is 12.0. The van der Waals surface area contributed by atoms with E-state index in [4.69, 9.17) is 5.11 Å². The molecule has 122 valence electrons. The van der Waals surface area contributed by atoms with E-state index in [1.807, 2.05) is 12.1 Å². The molecular formula is C21H21NO2. The monoisotopic (exact) mass is 319 g/mol. The summed E-state index contributed by atoms with van der Waals surface area (Å²) in [4.78, 5) is 11.1. The minimum Gasteiger partial charge on any atom is -0.478 e. The summed E-state index contributed by atoms with van der Waals surface area (Å²) in [5.74, 6) is 0.0374. The van der Waals surface area contributed by atoms with Gasteiger partial charge in [0.2, 0.25) is 0 Å². The van der Waals surface area contributed by atoms with Crippen molar-refractivity contribution in [3.05, 3.63) is 76.4 Å². The van der Waals surface area contributed by atoms with Crippen molar-refractivity contribution >= 4 is 11.7 Å². The molecule has 2 aliphatic rings. The first-order chi connectivity index (χ1) is 11.6. The van der Waals surface area contributed by atoms with Crippen molar-refractivity contribution in [2.45, 2.75) is 32.2 Å². The van der Waals surface area contributed by atoms with Crippen LogP contribution < -0.4 is 5.32 Å². The molecule has 0 bridgehead atoms. The van der Waals surface area contributed by atoms with Gasteiger partial charge in [0.1, 0.15) is 0 Å². The number of aromatic carboxylic acids is 1. The molecule has 3 nitrogen and oxygen atoms in total. The maximum atomic E-state index is 11.1. The van der Waals surface area contributed by atoms with E-state index < -0.39 is 5.97 Å². The highest BCUT2D eigenvalue weighted by atomic mass is 16.4. The minimum absolute atomic E-state index is 0.209. The van der Waals surface area contributed by atoms with Gasteiger partial charge in [0.05, 0.1) is 11.6 Å². The SMILES string of the molecule is Cc1ccc2c(c1C)N[C@@H](c1ccc(C(=O)O)cc1)[C@H]1CC=C[C@@H]21. The molecule has 0 saturated carbocycles. The molecule has 2 aromatic carbocycles. The highest BCUT2D eigenvalue weighted by Crippen LogP contribution is 2.50. The lowest BCUT2D eigenvalue weighted by Gasteiger charge is -2.38. The lowest BCUT2D eigenvalue weighted by Crippen LogP contribution is -2.29. The maximum absolute atomic E-state index is 11.1. The lowest BCUT2D eigenvalue weighted by molar-refractivity contribution is 0.0697. The smallest absolute Gasteiger partial charge is 0.335 e. The number of hydrogen-bond donors (Lipinski definition) is 2. The maximum Gasteiger partial charge on any atom is 0.335 e. The van der Waals surface area contributed by atoms with Crippen molar-refractivity contribution < 1.29 is 9.90 Å². The number of allylic oxidation sites excluding steroid dienone is 2. The third kappa shape index (κ3) is 2.23. The van der Waals surface area contributed by atoms with Crippen molar-refractivity contribution in [1.82, 2.24) is 0 Å². The Balaban J connectivity index is 1.77. The van der Waals surface area contributed by atoms with Crippen LogP contribution in [-0.4, -0.2) is 11.1 Å². The molecule has 4 rings (SSSR count). The van der Waals surface area contributed by atoms with Gasteiger partial charge in [-0.2, -0.15) is 0 Å². The Kier molecular flexibility index (Phi) is 3.45. The molecule has 1 aliphatic carbocycles. The first-order valence-corrected chi connectivity index (χ1v) is 8.43. The summed E-state index contributed by atoms with van der Waals surface area (Å²) in [5, 5.41) is 12.9. The van der Waals surface area contributed by atoms with Crippen molar-refractivity contribution in [2.24, 2.45) is 5.92 Å². The fourth-order valence-electron chi connectivity index (χ4n) is 4.08. The molecule has 0 amide bonds. The summed E-state index contributed by atoms with van der Waals surface area (Å²) < 4.78 is 0. The Morgan fingerprint density at radius 2 is 1.88 bits per heavy atom. The fraction of sp³-hybridized carbons (Fsp3) is 0.286. The van der Waals surface area contributed by atoms with E-state index in [0.717, 1.165) is 12.0 Å². The molecule has 1 aliphatic heterocycles. The second-order valence-corrected chi connectivity index (χ2v) is 6.87. The average Bonchev–Trinajstić information content (AvgIpc) is 3.07. The van der Waals surface area contributed by atoms with Crippen LogP contribution in [0.25, 0.3) is 0 Å². The third-order valence-corrected chi connectivity index (χ3v) is 5.58. The van der Waals surface area contributed by atoms with Crippen LogP contribution in [0.2, 0.25) is 0 Å². The number of aryl methyl sites for hydroxylation is 1. The summed E-state index contributed by atoms with van der Waals surface area (Å²) in [7, 11) is 0. The number of hydrogen-bond acceptors (Lipinski definition) is 2. The predicted molar refractivity (Wildman–Crippen MR) is 95.7 cm³/mol. The quantitative estimate of drug-likeness (QED) is 0.780. The summed E-state index contributed by atoms with van der Waals surface area (Å²) in [6.07, 6.45) is 5.66. The molecule has 0 fully saturated rings. The third-order valence-electron chi connectivity index (χ3n) is 5.58. The molecular weight excluding hydrogens is 298 g/mol. The minimum atomic E-state index is -0.879. The molecule has 2 aromatic rings. The van der Waals surface area contributed by atoms with Crippen LogP contribution in [0.15, 0.2) is 48.6 Å². The van der Waals surface area contributed by atoms with Gasteiger partial charge < -0.3 is 10.4 Å². The molecule has 1 heterocycles. The average molecular weight is 319 g/mol. The number of carbonyl (C=O) groups is 1. The molecule has 0 spiro atoms. The number of rotatable bonds is 2. The van der Waals surface area contributed by atoms with Gasteiger partial charge in [0.25, 0.3) is 0 Å². The van der Waals surface area contributed by atoms with E-state index in [-0.39, 0.29) is 6.04 Å². The Bertz CT molecular complexity index is 836. The Morgan fingerprint density at radius 3 is 2.58 bits per heavy atom. The number of anilines is 1. The van der Waals surface area contributed by atoms with E-state index in [9.17, 15) is 4.79 Å². The van der Waals surface area contributed by atoms with E-state index in [2.05, 4.69) is 43.4 Å². The zero-order chi connectivity index (χ0) is 16.8. The first-order valence-electron chi connectivity index (χ1n) is 8.43. The van der Waals surface area contributed by atoms with Crippen molar-refractivity contribution in [3.63, 3.8) is 0 Å². The fourth-order valence-corrected chi connectivity index (χ4v) is 4.08. The van der Waals surface area contributed by atoms with Gasteiger partial charge in [-0.25, -0.2) is 4.79 Å². The molecule has 0 radical (unpaired) electrons. The van der Waals surface area contributed by atoms with Crippen LogP contribution in [-0.2, 0) is 0 Å². The molecule has 24 heavy (non-hydrogen) atoms. The molecule has 0 saturated heterocycles. The number of nitrogens with one attached hydrogen (secondary N) is 1. The van der Waals surface area contributed by atoms with Crippen LogP contribution >= 0.6 is 0 Å². The normalized spacial score (nSPS) is 24.2. The van der Waals surface area contributed by atoms with E-state index in [1.54, 1.807) is 12.1 Å². The molecule has 3 heteroatoms. The first kappa shape index (κ1) is 15.0. The van der Waals surface area contributed by atoms with Crippen molar-refractivity contribution in [1.29, 1.82) is 0 Å². The second-order valence-electron chi connectivity index (χ2n) is 6.87. The second kappa shape index (κ2) is 5.52. The number of carboxylic acid groups (broad SMARTS) is 1. The Labute approximate surface area is 142 Å². The van der Waals surface area contributed by atoms with Crippen molar-refractivity contribution in [3.8, 4) is 0 Å². The predicted octanol–water partition coefficient (Wildman–Crippen LogP) is 4.83. The summed E-state index contributed by atoms with van der Waals surface area (Å²) in [6.45, 7) is 4.31. The lowest BCUT2D eigenvalue weighted by atomic mass is 9.76. The molecule has 0 aromatic heterocycles. The topological polar surface area (TPSA) is 49.3 Å². The van der Waals surface area contributed by atoms with Gasteiger partial charge in [0.15, 0.2) is 0 Å². The number of fused-ring (bicyclic) bond motifs is 3. The van der Waals surface area contributed by atoms with E-state index >= 15 is 0 Å². The Morgan fingerprint density at radius 1 is 1.12 bits per heavy atom. The van der Waals surface area contributed by atoms with Crippen LogP contribution in [0.1, 0.15) is 51.0 Å². The van der Waals surface area contributed by atoms with Crippen LogP contribution in [0, 0.1) is 19.8 Å². The number of carboxylic acids is 1. The van der Waals surface area contributed by atoms with Gasteiger partial charge in [0, 0.05) is 11.6 Å². The van der Waals surface area contributed by atoms with Gasteiger partial charge in [-0.15, -0.1) is 0 Å². The zero-order valence-electron chi connectivity index (χ0n) is 13.9. The summed E-state index contributed by atoms with van der Waals surface area (Å²) >= 11 is 0. The molecule has 0 unspecified atom stereocenters. The standard InChI is InChI=1S/C21H21NO2/c1-12-6-11-18-16-4-3-5-17(16)20(22-19(18)13(12)2)14-7-9-15(10-8-14)21(23)24/h3-4,6-11,16-17,20,22H,5H2,1-2H3,(H,23,24)/t16-,17+,20+/m1/s1. The van der Waals surface area contributed by atoms with Gasteiger partial charge in [-0.1, -0.05) is 36.4 Å². The van der Waals surface area contributed by atoms with E-state index in [1.165, 1.54) is 22.4 Å². The molecule has 2 N–H and O–H groups in total.